The zero-order valence-corrected chi connectivity index (χ0v) is 17.4. The van der Waals surface area contributed by atoms with Crippen LogP contribution in [0.4, 0.5) is 4.79 Å². The van der Waals surface area contributed by atoms with E-state index >= 15 is 0 Å². The number of likely N-dealkylation sites (tertiary alicyclic amines) is 1. The molecular weight excluding hydrogens is 374 g/mol. The van der Waals surface area contributed by atoms with Crippen LogP contribution in [0.1, 0.15) is 49.5 Å². The minimum Gasteiger partial charge on any atom is -0.452 e. The summed E-state index contributed by atoms with van der Waals surface area (Å²) < 4.78 is 5.22. The van der Waals surface area contributed by atoms with Crippen LogP contribution in [0.5, 0.6) is 0 Å². The number of nitrogens with zero attached hydrogens (tertiary/aromatic N) is 1. The molecular formula is C21H29N3O5. The number of benzene rings is 1. The van der Waals surface area contributed by atoms with Gasteiger partial charge in [-0.3, -0.25) is 19.7 Å². The Balaban J connectivity index is 1.82. The van der Waals surface area contributed by atoms with Crippen molar-refractivity contribution in [2.45, 2.75) is 52.7 Å². The maximum atomic E-state index is 12.7. The van der Waals surface area contributed by atoms with Gasteiger partial charge in [0, 0.05) is 24.7 Å². The van der Waals surface area contributed by atoms with Gasteiger partial charge in [-0.1, -0.05) is 18.2 Å². The van der Waals surface area contributed by atoms with Crippen LogP contribution in [-0.2, 0) is 14.3 Å². The number of carbonyl (C=O) groups is 4. The number of aryl methyl sites for hydroxylation is 1. The number of hydrogen-bond acceptors (Lipinski definition) is 5. The molecule has 2 N–H and O–H groups in total. The summed E-state index contributed by atoms with van der Waals surface area (Å²) >= 11 is 0. The summed E-state index contributed by atoms with van der Waals surface area (Å²) in [5.41, 5.74) is 1.58. The number of piperidine rings is 1. The monoisotopic (exact) mass is 403 g/mol. The van der Waals surface area contributed by atoms with Crippen molar-refractivity contribution in [2.24, 2.45) is 5.92 Å². The number of ether oxygens (including phenoxy) is 1. The number of urea groups is 1. The summed E-state index contributed by atoms with van der Waals surface area (Å²) in [6.07, 6.45) is -0.135. The molecule has 1 atom stereocenters. The van der Waals surface area contributed by atoms with E-state index in [1.54, 1.807) is 24.8 Å². The lowest BCUT2D eigenvalue weighted by Crippen LogP contribution is -2.47. The molecule has 1 aromatic carbocycles. The molecule has 0 aromatic heterocycles. The predicted octanol–water partition coefficient (Wildman–Crippen LogP) is 2.01. The molecule has 1 aromatic rings. The van der Waals surface area contributed by atoms with Gasteiger partial charge in [-0.15, -0.1) is 0 Å². The van der Waals surface area contributed by atoms with Gasteiger partial charge in [-0.05, 0) is 52.2 Å². The Morgan fingerprint density at radius 1 is 1.07 bits per heavy atom. The minimum absolute atomic E-state index is 0.0428. The van der Waals surface area contributed by atoms with E-state index in [1.807, 2.05) is 25.1 Å². The summed E-state index contributed by atoms with van der Waals surface area (Å²) in [4.78, 5) is 50.3. The Bertz CT molecular complexity index is 769. The number of esters is 1. The largest absolute Gasteiger partial charge is 0.452 e. The van der Waals surface area contributed by atoms with E-state index in [4.69, 9.17) is 4.74 Å². The average Bonchev–Trinajstić information content (AvgIpc) is 2.67. The lowest BCUT2D eigenvalue weighted by Gasteiger charge is -2.31. The zero-order chi connectivity index (χ0) is 21.6. The number of amides is 4. The van der Waals surface area contributed by atoms with Crippen LogP contribution in [0.15, 0.2) is 24.3 Å². The molecule has 1 aliphatic rings. The molecule has 8 nitrogen and oxygen atoms in total. The molecule has 29 heavy (non-hydrogen) atoms. The second-order valence-electron chi connectivity index (χ2n) is 7.58. The van der Waals surface area contributed by atoms with Crippen molar-refractivity contribution in [1.29, 1.82) is 0 Å². The lowest BCUT2D eigenvalue weighted by atomic mass is 9.96. The maximum Gasteiger partial charge on any atom is 0.321 e. The molecule has 1 aliphatic heterocycles. The summed E-state index contributed by atoms with van der Waals surface area (Å²) in [5, 5.41) is 4.67. The van der Waals surface area contributed by atoms with E-state index < -0.39 is 24.0 Å². The number of carbonyl (C=O) groups excluding carboxylic acids is 4. The Labute approximate surface area is 171 Å². The van der Waals surface area contributed by atoms with Crippen LogP contribution < -0.4 is 10.6 Å². The molecule has 1 heterocycles. The second-order valence-corrected chi connectivity index (χ2v) is 7.58. The Morgan fingerprint density at radius 3 is 2.28 bits per heavy atom. The van der Waals surface area contributed by atoms with Crippen molar-refractivity contribution in [2.75, 3.05) is 13.1 Å². The summed E-state index contributed by atoms with van der Waals surface area (Å²) in [5.74, 6) is -1.59. The SMILES string of the molecule is Cc1ccccc1C(=O)N1CCC(C(=O)O[C@@H](C)C(=O)NC(=O)NC(C)C)CC1. The fourth-order valence-electron chi connectivity index (χ4n) is 3.14. The Morgan fingerprint density at radius 2 is 1.69 bits per heavy atom. The first-order valence-electron chi connectivity index (χ1n) is 9.85. The zero-order valence-electron chi connectivity index (χ0n) is 17.4. The number of imide groups is 1. The third-order valence-corrected chi connectivity index (χ3v) is 4.81. The molecule has 158 valence electrons. The smallest absolute Gasteiger partial charge is 0.321 e. The molecule has 0 aliphatic carbocycles. The molecule has 2 rings (SSSR count). The predicted molar refractivity (Wildman–Crippen MR) is 107 cm³/mol. The average molecular weight is 403 g/mol. The minimum atomic E-state index is -1.08. The second kappa shape index (κ2) is 10.0. The van der Waals surface area contributed by atoms with Crippen LogP contribution >= 0.6 is 0 Å². The molecule has 8 heteroatoms. The molecule has 1 saturated heterocycles. The topological polar surface area (TPSA) is 105 Å². The van der Waals surface area contributed by atoms with Gasteiger partial charge in [-0.2, -0.15) is 0 Å². The molecule has 0 saturated carbocycles. The Hall–Kier alpha value is -2.90. The number of nitrogens with one attached hydrogen (secondary N) is 2. The molecule has 4 amide bonds. The Kier molecular flexibility index (Phi) is 7.75. The molecule has 0 unspecified atom stereocenters. The summed E-state index contributed by atoms with van der Waals surface area (Å²) in [6.45, 7) is 7.75. The normalized spacial score (nSPS) is 15.6. The van der Waals surface area contributed by atoms with Crippen molar-refractivity contribution in [3.8, 4) is 0 Å². The molecule has 0 bridgehead atoms. The highest BCUT2D eigenvalue weighted by Crippen LogP contribution is 2.22. The first-order chi connectivity index (χ1) is 13.7. The van der Waals surface area contributed by atoms with Gasteiger partial charge >= 0.3 is 12.0 Å². The van der Waals surface area contributed by atoms with E-state index in [9.17, 15) is 19.2 Å². The van der Waals surface area contributed by atoms with Crippen LogP contribution in [0.3, 0.4) is 0 Å². The highest BCUT2D eigenvalue weighted by Gasteiger charge is 2.31. The van der Waals surface area contributed by atoms with Crippen molar-refractivity contribution in [3.63, 3.8) is 0 Å². The third-order valence-electron chi connectivity index (χ3n) is 4.81. The fourth-order valence-corrected chi connectivity index (χ4v) is 3.14. The summed E-state index contributed by atoms with van der Waals surface area (Å²) in [7, 11) is 0. The van der Waals surface area contributed by atoms with Crippen LogP contribution in [0, 0.1) is 12.8 Å². The van der Waals surface area contributed by atoms with Gasteiger partial charge in [0.15, 0.2) is 6.10 Å². The molecule has 0 radical (unpaired) electrons. The standard InChI is InChI=1S/C21H29N3O5/c1-13(2)22-21(28)23-18(25)15(4)29-20(27)16-9-11-24(12-10-16)19(26)17-8-6-5-7-14(17)3/h5-8,13,15-16H,9-12H2,1-4H3,(H2,22,23,25,28)/t15-/m0/s1. The van der Waals surface area contributed by atoms with Crippen molar-refractivity contribution < 1.29 is 23.9 Å². The highest BCUT2D eigenvalue weighted by molar-refractivity contribution is 5.97. The molecule has 1 fully saturated rings. The first kappa shape index (κ1) is 22.4. The molecule has 0 spiro atoms. The van der Waals surface area contributed by atoms with E-state index in [1.165, 1.54) is 6.92 Å². The fraction of sp³-hybridized carbons (Fsp3) is 0.524. The van der Waals surface area contributed by atoms with Gasteiger partial charge in [0.1, 0.15) is 0 Å². The summed E-state index contributed by atoms with van der Waals surface area (Å²) in [6, 6.07) is 6.67. The highest BCUT2D eigenvalue weighted by atomic mass is 16.5. The van der Waals surface area contributed by atoms with Gasteiger partial charge in [0.2, 0.25) is 0 Å². The third kappa shape index (κ3) is 6.30. The maximum absolute atomic E-state index is 12.7. The van der Waals surface area contributed by atoms with E-state index in [-0.39, 0.29) is 17.9 Å². The van der Waals surface area contributed by atoms with E-state index in [0.717, 1.165) is 5.56 Å². The van der Waals surface area contributed by atoms with E-state index in [0.29, 0.717) is 31.5 Å². The number of hydrogen-bond donors (Lipinski definition) is 2. The first-order valence-corrected chi connectivity index (χ1v) is 9.85. The van der Waals surface area contributed by atoms with Crippen molar-refractivity contribution in [3.05, 3.63) is 35.4 Å². The van der Waals surface area contributed by atoms with Crippen LogP contribution in [0.2, 0.25) is 0 Å². The van der Waals surface area contributed by atoms with Crippen LogP contribution in [-0.4, -0.2) is 54.0 Å². The van der Waals surface area contributed by atoms with Crippen molar-refractivity contribution >= 4 is 23.8 Å². The van der Waals surface area contributed by atoms with Crippen molar-refractivity contribution in [1.82, 2.24) is 15.5 Å². The van der Waals surface area contributed by atoms with Gasteiger partial charge in [-0.25, -0.2) is 4.79 Å². The quantitative estimate of drug-likeness (QED) is 0.732. The van der Waals surface area contributed by atoms with Gasteiger partial charge in [0.25, 0.3) is 11.8 Å². The lowest BCUT2D eigenvalue weighted by molar-refractivity contribution is -0.159. The van der Waals surface area contributed by atoms with Gasteiger partial charge < -0.3 is 15.0 Å². The van der Waals surface area contributed by atoms with Crippen LogP contribution in [0.25, 0.3) is 0 Å². The number of rotatable bonds is 5. The van der Waals surface area contributed by atoms with Gasteiger partial charge in [0.05, 0.1) is 5.92 Å². The van der Waals surface area contributed by atoms with E-state index in [2.05, 4.69) is 10.6 Å².